The van der Waals surface area contributed by atoms with Crippen LogP contribution in [-0.4, -0.2) is 32.9 Å². The Balaban J connectivity index is 2.71. The highest BCUT2D eigenvalue weighted by atomic mass is 35.5. The van der Waals surface area contributed by atoms with Gasteiger partial charge >= 0.3 is 0 Å². The SMILES string of the molecule is CCCNCC(OC(C)COC)c1ccccc1Cl. The van der Waals surface area contributed by atoms with E-state index in [2.05, 4.69) is 12.2 Å². The van der Waals surface area contributed by atoms with E-state index in [9.17, 15) is 0 Å². The molecule has 2 atom stereocenters. The van der Waals surface area contributed by atoms with Crippen molar-refractivity contribution in [3.63, 3.8) is 0 Å². The molecule has 0 aliphatic carbocycles. The van der Waals surface area contributed by atoms with Gasteiger partial charge in [0.2, 0.25) is 0 Å². The predicted octanol–water partition coefficient (Wildman–Crippen LogP) is 3.43. The van der Waals surface area contributed by atoms with Gasteiger partial charge in [-0.25, -0.2) is 0 Å². The zero-order chi connectivity index (χ0) is 14.1. The van der Waals surface area contributed by atoms with Crippen LogP contribution >= 0.6 is 11.6 Å². The lowest BCUT2D eigenvalue weighted by Crippen LogP contribution is -2.28. The van der Waals surface area contributed by atoms with Crippen molar-refractivity contribution in [1.82, 2.24) is 5.32 Å². The lowest BCUT2D eigenvalue weighted by molar-refractivity contribution is -0.0392. The topological polar surface area (TPSA) is 30.5 Å². The average molecular weight is 286 g/mol. The molecule has 0 radical (unpaired) electrons. The summed E-state index contributed by atoms with van der Waals surface area (Å²) in [5, 5.41) is 4.13. The number of hydrogen-bond acceptors (Lipinski definition) is 3. The first-order chi connectivity index (χ1) is 9.19. The van der Waals surface area contributed by atoms with Crippen molar-refractivity contribution in [3.05, 3.63) is 34.9 Å². The number of methoxy groups -OCH3 is 1. The number of benzene rings is 1. The minimum atomic E-state index is -0.0506. The van der Waals surface area contributed by atoms with E-state index in [1.165, 1.54) is 0 Å². The Labute approximate surface area is 121 Å². The maximum absolute atomic E-state index is 6.25. The van der Waals surface area contributed by atoms with E-state index in [1.807, 2.05) is 31.2 Å². The van der Waals surface area contributed by atoms with Crippen molar-refractivity contribution in [2.45, 2.75) is 32.5 Å². The Bertz CT molecular complexity index is 360. The molecule has 0 aliphatic rings. The first kappa shape index (κ1) is 16.4. The van der Waals surface area contributed by atoms with Crippen molar-refractivity contribution in [3.8, 4) is 0 Å². The van der Waals surface area contributed by atoms with Gasteiger partial charge in [-0.15, -0.1) is 0 Å². The molecule has 0 bridgehead atoms. The molecule has 108 valence electrons. The summed E-state index contributed by atoms with van der Waals surface area (Å²) in [6.07, 6.45) is 1.09. The summed E-state index contributed by atoms with van der Waals surface area (Å²) in [5.41, 5.74) is 1.02. The van der Waals surface area contributed by atoms with Crippen molar-refractivity contribution >= 4 is 11.6 Å². The van der Waals surface area contributed by atoms with E-state index in [-0.39, 0.29) is 12.2 Å². The third-order valence-corrected chi connectivity index (χ3v) is 3.15. The van der Waals surface area contributed by atoms with Crippen LogP contribution in [0.15, 0.2) is 24.3 Å². The first-order valence-corrected chi connectivity index (χ1v) is 7.16. The Morgan fingerprint density at radius 2 is 2.05 bits per heavy atom. The van der Waals surface area contributed by atoms with Crippen molar-refractivity contribution < 1.29 is 9.47 Å². The summed E-state index contributed by atoms with van der Waals surface area (Å²) in [5.74, 6) is 0. The molecular weight excluding hydrogens is 262 g/mol. The molecular formula is C15H24ClNO2. The molecule has 1 aromatic carbocycles. The van der Waals surface area contributed by atoms with Gasteiger partial charge in [-0.2, -0.15) is 0 Å². The van der Waals surface area contributed by atoms with Gasteiger partial charge in [0.05, 0.1) is 18.8 Å². The third-order valence-electron chi connectivity index (χ3n) is 2.81. The molecule has 1 N–H and O–H groups in total. The second-order valence-electron chi connectivity index (χ2n) is 4.62. The van der Waals surface area contributed by atoms with Crippen LogP contribution in [-0.2, 0) is 9.47 Å². The van der Waals surface area contributed by atoms with Crippen LogP contribution in [0.1, 0.15) is 31.9 Å². The minimum Gasteiger partial charge on any atom is -0.382 e. The number of halogens is 1. The van der Waals surface area contributed by atoms with E-state index < -0.39 is 0 Å². The van der Waals surface area contributed by atoms with Crippen LogP contribution in [0.3, 0.4) is 0 Å². The maximum Gasteiger partial charge on any atom is 0.0968 e. The normalized spacial score (nSPS) is 14.3. The molecule has 1 rings (SSSR count). The third kappa shape index (κ3) is 5.91. The number of ether oxygens (including phenoxy) is 2. The molecule has 19 heavy (non-hydrogen) atoms. The fraction of sp³-hybridized carbons (Fsp3) is 0.600. The molecule has 0 aromatic heterocycles. The minimum absolute atomic E-state index is 0.0368. The fourth-order valence-corrected chi connectivity index (χ4v) is 2.19. The summed E-state index contributed by atoms with van der Waals surface area (Å²) in [6.45, 7) is 6.46. The molecule has 3 nitrogen and oxygen atoms in total. The monoisotopic (exact) mass is 285 g/mol. The van der Waals surface area contributed by atoms with Crippen molar-refractivity contribution in [1.29, 1.82) is 0 Å². The van der Waals surface area contributed by atoms with Gasteiger partial charge in [0.25, 0.3) is 0 Å². The summed E-state index contributed by atoms with van der Waals surface area (Å²) in [6, 6.07) is 7.83. The predicted molar refractivity (Wildman–Crippen MR) is 79.8 cm³/mol. The van der Waals surface area contributed by atoms with Gasteiger partial charge in [0.15, 0.2) is 0 Å². The molecule has 0 aliphatic heterocycles. The van der Waals surface area contributed by atoms with Gasteiger partial charge < -0.3 is 14.8 Å². The second kappa shape index (κ2) is 9.32. The summed E-state index contributed by atoms with van der Waals surface area (Å²) in [4.78, 5) is 0. The fourth-order valence-electron chi connectivity index (χ4n) is 1.93. The molecule has 0 saturated heterocycles. The van der Waals surface area contributed by atoms with Crippen LogP contribution in [0.25, 0.3) is 0 Å². The van der Waals surface area contributed by atoms with Gasteiger partial charge in [-0.1, -0.05) is 36.7 Å². The lowest BCUT2D eigenvalue weighted by Gasteiger charge is -2.23. The summed E-state index contributed by atoms with van der Waals surface area (Å²) < 4.78 is 11.2. The molecule has 0 heterocycles. The second-order valence-corrected chi connectivity index (χ2v) is 5.02. The van der Waals surface area contributed by atoms with E-state index in [4.69, 9.17) is 21.1 Å². The van der Waals surface area contributed by atoms with Gasteiger partial charge in [-0.05, 0) is 26.0 Å². The Morgan fingerprint density at radius 3 is 2.68 bits per heavy atom. The number of hydrogen-bond donors (Lipinski definition) is 1. The highest BCUT2D eigenvalue weighted by molar-refractivity contribution is 6.31. The maximum atomic E-state index is 6.25. The Morgan fingerprint density at radius 1 is 1.32 bits per heavy atom. The molecule has 0 amide bonds. The van der Waals surface area contributed by atoms with Crippen LogP contribution < -0.4 is 5.32 Å². The van der Waals surface area contributed by atoms with E-state index in [0.29, 0.717) is 6.61 Å². The molecule has 1 aromatic rings. The Hall–Kier alpha value is -0.610. The van der Waals surface area contributed by atoms with Crippen LogP contribution in [0.4, 0.5) is 0 Å². The van der Waals surface area contributed by atoms with E-state index >= 15 is 0 Å². The van der Waals surface area contributed by atoms with Gasteiger partial charge in [0, 0.05) is 24.2 Å². The molecule has 0 fully saturated rings. The van der Waals surface area contributed by atoms with Crippen LogP contribution in [0.5, 0.6) is 0 Å². The molecule has 0 spiro atoms. The van der Waals surface area contributed by atoms with E-state index in [0.717, 1.165) is 30.1 Å². The quantitative estimate of drug-likeness (QED) is 0.705. The highest BCUT2D eigenvalue weighted by Crippen LogP contribution is 2.26. The van der Waals surface area contributed by atoms with E-state index in [1.54, 1.807) is 7.11 Å². The zero-order valence-electron chi connectivity index (χ0n) is 12.0. The van der Waals surface area contributed by atoms with Crippen molar-refractivity contribution in [2.24, 2.45) is 0 Å². The summed E-state index contributed by atoms with van der Waals surface area (Å²) in [7, 11) is 1.68. The smallest absolute Gasteiger partial charge is 0.0968 e. The lowest BCUT2D eigenvalue weighted by atomic mass is 10.1. The standard InChI is InChI=1S/C15H24ClNO2/c1-4-9-17-10-15(19-12(2)11-18-3)13-7-5-6-8-14(13)16/h5-8,12,15,17H,4,9-11H2,1-3H3. The summed E-state index contributed by atoms with van der Waals surface area (Å²) >= 11 is 6.25. The zero-order valence-corrected chi connectivity index (χ0v) is 12.7. The van der Waals surface area contributed by atoms with Gasteiger partial charge in [-0.3, -0.25) is 0 Å². The molecule has 0 saturated carbocycles. The Kier molecular flexibility index (Phi) is 8.07. The number of nitrogens with one attached hydrogen (secondary N) is 1. The van der Waals surface area contributed by atoms with Crippen LogP contribution in [0.2, 0.25) is 5.02 Å². The number of rotatable bonds is 9. The molecule has 2 unspecified atom stereocenters. The van der Waals surface area contributed by atoms with Crippen molar-refractivity contribution in [2.75, 3.05) is 26.8 Å². The van der Waals surface area contributed by atoms with Gasteiger partial charge in [0.1, 0.15) is 0 Å². The molecule has 4 heteroatoms. The van der Waals surface area contributed by atoms with Crippen LogP contribution in [0, 0.1) is 0 Å². The largest absolute Gasteiger partial charge is 0.382 e. The average Bonchev–Trinajstić information content (AvgIpc) is 2.39. The highest BCUT2D eigenvalue weighted by Gasteiger charge is 2.17. The first-order valence-electron chi connectivity index (χ1n) is 6.78.